The zero-order valence-corrected chi connectivity index (χ0v) is 14.4. The molecule has 0 fully saturated rings. The van der Waals surface area contributed by atoms with Gasteiger partial charge in [-0.1, -0.05) is 51.7 Å². The van der Waals surface area contributed by atoms with Crippen molar-refractivity contribution in [3.05, 3.63) is 36.0 Å². The number of hydrogen-bond acceptors (Lipinski definition) is 3. The first-order valence-electron chi connectivity index (χ1n) is 8.82. The van der Waals surface area contributed by atoms with Crippen molar-refractivity contribution in [3.8, 4) is 17.0 Å². The second kappa shape index (κ2) is 10.1. The van der Waals surface area contributed by atoms with E-state index in [4.69, 9.17) is 4.74 Å². The summed E-state index contributed by atoms with van der Waals surface area (Å²) in [5.74, 6) is 0.921. The topological polar surface area (TPSA) is 49.9 Å². The Bertz CT molecular complexity index is 565. The lowest BCUT2D eigenvalue weighted by Gasteiger charge is -2.09. The standard InChI is InChI=1S/C19H29N3O/c1-3-5-6-7-10-13-23-19-12-9-8-11-17(19)18-14-16(21-22-18)15-20-4-2/h8-9,11-12,14,20H,3-7,10,13,15H2,1-2H3,(H,21,22). The third-order valence-corrected chi connectivity index (χ3v) is 3.86. The van der Waals surface area contributed by atoms with Crippen LogP contribution in [0.3, 0.4) is 0 Å². The summed E-state index contributed by atoms with van der Waals surface area (Å²) in [5, 5.41) is 10.8. The zero-order chi connectivity index (χ0) is 16.3. The number of H-pyrrole nitrogens is 1. The Balaban J connectivity index is 1.93. The summed E-state index contributed by atoms with van der Waals surface area (Å²) in [6, 6.07) is 10.2. The van der Waals surface area contributed by atoms with Crippen LogP contribution in [0.4, 0.5) is 0 Å². The van der Waals surface area contributed by atoms with Crippen molar-refractivity contribution in [2.45, 2.75) is 52.5 Å². The van der Waals surface area contributed by atoms with Gasteiger partial charge in [-0.2, -0.15) is 5.10 Å². The molecule has 0 aliphatic heterocycles. The average molecular weight is 315 g/mol. The zero-order valence-electron chi connectivity index (χ0n) is 14.4. The van der Waals surface area contributed by atoms with Crippen LogP contribution in [0.2, 0.25) is 0 Å². The highest BCUT2D eigenvalue weighted by Gasteiger charge is 2.09. The lowest BCUT2D eigenvalue weighted by Crippen LogP contribution is -2.11. The third-order valence-electron chi connectivity index (χ3n) is 3.86. The van der Waals surface area contributed by atoms with Crippen LogP contribution in [0, 0.1) is 0 Å². The summed E-state index contributed by atoms with van der Waals surface area (Å²) in [7, 11) is 0. The van der Waals surface area contributed by atoms with Crippen LogP contribution >= 0.6 is 0 Å². The summed E-state index contributed by atoms with van der Waals surface area (Å²) < 4.78 is 5.99. The maximum absolute atomic E-state index is 5.99. The molecule has 0 spiro atoms. The molecule has 0 aliphatic carbocycles. The molecule has 4 nitrogen and oxygen atoms in total. The number of nitrogens with zero attached hydrogens (tertiary/aromatic N) is 1. The molecule has 0 radical (unpaired) electrons. The number of hydrogen-bond donors (Lipinski definition) is 2. The van der Waals surface area contributed by atoms with E-state index in [0.717, 1.165) is 48.8 Å². The molecule has 1 aromatic heterocycles. The number of nitrogens with one attached hydrogen (secondary N) is 2. The minimum Gasteiger partial charge on any atom is -0.493 e. The van der Waals surface area contributed by atoms with Crippen LogP contribution in [0.15, 0.2) is 30.3 Å². The average Bonchev–Trinajstić information content (AvgIpc) is 3.05. The minimum absolute atomic E-state index is 0.773. The number of benzene rings is 1. The van der Waals surface area contributed by atoms with Gasteiger partial charge in [-0.25, -0.2) is 0 Å². The van der Waals surface area contributed by atoms with E-state index in [-0.39, 0.29) is 0 Å². The number of unbranched alkanes of at least 4 members (excludes halogenated alkanes) is 4. The number of aromatic amines is 1. The molecule has 1 heterocycles. The van der Waals surface area contributed by atoms with Crippen molar-refractivity contribution >= 4 is 0 Å². The summed E-state index contributed by atoms with van der Waals surface area (Å²) >= 11 is 0. The normalized spacial score (nSPS) is 10.9. The van der Waals surface area contributed by atoms with Crippen LogP contribution in [0.5, 0.6) is 5.75 Å². The Kier molecular flexibility index (Phi) is 7.67. The molecule has 4 heteroatoms. The molecule has 2 aromatic rings. The molecule has 126 valence electrons. The van der Waals surface area contributed by atoms with Gasteiger partial charge in [0.15, 0.2) is 0 Å². The highest BCUT2D eigenvalue weighted by molar-refractivity contribution is 5.67. The first-order chi connectivity index (χ1) is 11.3. The van der Waals surface area contributed by atoms with Crippen molar-refractivity contribution in [2.24, 2.45) is 0 Å². The second-order valence-electron chi connectivity index (χ2n) is 5.82. The van der Waals surface area contributed by atoms with E-state index in [2.05, 4.69) is 41.5 Å². The van der Waals surface area contributed by atoms with E-state index in [1.54, 1.807) is 0 Å². The van der Waals surface area contributed by atoms with Gasteiger partial charge in [-0.05, 0) is 31.2 Å². The fourth-order valence-electron chi connectivity index (χ4n) is 2.54. The Hall–Kier alpha value is -1.81. The van der Waals surface area contributed by atoms with Gasteiger partial charge in [-0.15, -0.1) is 0 Å². The quantitative estimate of drug-likeness (QED) is 0.599. The number of aromatic nitrogens is 2. The highest BCUT2D eigenvalue weighted by Crippen LogP contribution is 2.29. The van der Waals surface area contributed by atoms with Crippen LogP contribution in [0.25, 0.3) is 11.3 Å². The molecule has 0 unspecified atom stereocenters. The molecule has 0 saturated carbocycles. The van der Waals surface area contributed by atoms with Crippen molar-refractivity contribution in [3.63, 3.8) is 0 Å². The van der Waals surface area contributed by atoms with E-state index in [1.807, 2.05) is 18.2 Å². The SMILES string of the molecule is CCCCCCCOc1ccccc1-c1cc(CNCC)[nH]n1. The van der Waals surface area contributed by atoms with Gasteiger partial charge in [0.1, 0.15) is 5.75 Å². The minimum atomic E-state index is 0.773. The lowest BCUT2D eigenvalue weighted by molar-refractivity contribution is 0.305. The maximum Gasteiger partial charge on any atom is 0.128 e. The summed E-state index contributed by atoms with van der Waals surface area (Å²) in [6.45, 7) is 6.87. The lowest BCUT2D eigenvalue weighted by atomic mass is 10.1. The molecule has 2 N–H and O–H groups in total. The Morgan fingerprint density at radius 1 is 1.09 bits per heavy atom. The molecule has 2 rings (SSSR count). The Morgan fingerprint density at radius 2 is 1.91 bits per heavy atom. The molecule has 23 heavy (non-hydrogen) atoms. The molecular weight excluding hydrogens is 286 g/mol. The van der Waals surface area contributed by atoms with Crippen LogP contribution in [-0.4, -0.2) is 23.3 Å². The van der Waals surface area contributed by atoms with Crippen LogP contribution < -0.4 is 10.1 Å². The molecule has 0 bridgehead atoms. The van der Waals surface area contributed by atoms with Crippen molar-refractivity contribution < 1.29 is 4.74 Å². The fraction of sp³-hybridized carbons (Fsp3) is 0.526. The molecule has 0 atom stereocenters. The first-order valence-corrected chi connectivity index (χ1v) is 8.82. The monoisotopic (exact) mass is 315 g/mol. The van der Waals surface area contributed by atoms with Gasteiger partial charge in [-0.3, -0.25) is 5.10 Å². The molecule has 0 amide bonds. The number of ether oxygens (including phenoxy) is 1. The van der Waals surface area contributed by atoms with Gasteiger partial charge in [0.2, 0.25) is 0 Å². The van der Waals surface area contributed by atoms with Crippen molar-refractivity contribution in [1.29, 1.82) is 0 Å². The van der Waals surface area contributed by atoms with Gasteiger partial charge in [0, 0.05) is 17.8 Å². The van der Waals surface area contributed by atoms with Crippen LogP contribution in [0.1, 0.15) is 51.6 Å². The Labute approximate surface area is 139 Å². The molecular formula is C19H29N3O. The maximum atomic E-state index is 5.99. The van der Waals surface area contributed by atoms with E-state index in [9.17, 15) is 0 Å². The summed E-state index contributed by atoms with van der Waals surface area (Å²) in [6.07, 6.45) is 6.25. The largest absolute Gasteiger partial charge is 0.493 e. The fourth-order valence-corrected chi connectivity index (χ4v) is 2.54. The van der Waals surface area contributed by atoms with Crippen molar-refractivity contribution in [2.75, 3.05) is 13.2 Å². The van der Waals surface area contributed by atoms with Crippen molar-refractivity contribution in [1.82, 2.24) is 15.5 Å². The third kappa shape index (κ3) is 5.71. The van der Waals surface area contributed by atoms with E-state index in [1.165, 1.54) is 25.7 Å². The summed E-state index contributed by atoms with van der Waals surface area (Å²) in [4.78, 5) is 0. The van der Waals surface area contributed by atoms with Crippen LogP contribution in [-0.2, 0) is 6.54 Å². The summed E-state index contributed by atoms with van der Waals surface area (Å²) in [5.41, 5.74) is 3.09. The van der Waals surface area contributed by atoms with Gasteiger partial charge in [0.25, 0.3) is 0 Å². The molecule has 0 aliphatic rings. The number of rotatable bonds is 11. The van der Waals surface area contributed by atoms with Gasteiger partial charge < -0.3 is 10.1 Å². The van der Waals surface area contributed by atoms with E-state index < -0.39 is 0 Å². The van der Waals surface area contributed by atoms with E-state index in [0.29, 0.717) is 0 Å². The van der Waals surface area contributed by atoms with Gasteiger partial charge in [0.05, 0.1) is 12.3 Å². The highest BCUT2D eigenvalue weighted by atomic mass is 16.5. The molecule has 0 saturated heterocycles. The molecule has 1 aromatic carbocycles. The van der Waals surface area contributed by atoms with E-state index >= 15 is 0 Å². The smallest absolute Gasteiger partial charge is 0.128 e. The first kappa shape index (κ1) is 17.5. The predicted octanol–water partition coefficient (Wildman–Crippen LogP) is 4.54. The van der Waals surface area contributed by atoms with Gasteiger partial charge >= 0.3 is 0 Å². The second-order valence-corrected chi connectivity index (χ2v) is 5.82. The Morgan fingerprint density at radius 3 is 2.74 bits per heavy atom. The number of para-hydroxylation sites is 1. The predicted molar refractivity (Wildman–Crippen MR) is 95.7 cm³/mol.